The molecule has 25 heavy (non-hydrogen) atoms. The molecule has 0 bridgehead atoms. The van der Waals surface area contributed by atoms with Crippen LogP contribution in [-0.2, 0) is 4.74 Å². The van der Waals surface area contributed by atoms with Gasteiger partial charge in [0.2, 0.25) is 0 Å². The summed E-state index contributed by atoms with van der Waals surface area (Å²) in [5.74, 6) is 0.0963. The van der Waals surface area contributed by atoms with Crippen molar-refractivity contribution < 1.29 is 9.53 Å². The molecule has 4 rings (SSSR count). The summed E-state index contributed by atoms with van der Waals surface area (Å²) < 4.78 is 7.81. The molecule has 0 spiro atoms. The number of rotatable bonds is 2. The average molecular weight is 342 g/mol. The fraction of sp³-hybridized carbons (Fsp3) is 0.632. The standard InChI is InChI=1S/C19H26N4O2/c1-12(2)23-18-15(11-20-23)14(10-13(3)21-18)19(24)22-8-9-25-17-7-5-4-6-16(17)22/h10-12,16-17H,4-9H2,1-3H3/t16-,17-/m0/s1. The average Bonchev–Trinajstić information content (AvgIpc) is 3.04. The molecule has 2 atom stereocenters. The lowest BCUT2D eigenvalue weighted by Crippen LogP contribution is -2.54. The smallest absolute Gasteiger partial charge is 0.255 e. The number of ether oxygens (including phenoxy) is 1. The van der Waals surface area contributed by atoms with Crippen LogP contribution in [0.3, 0.4) is 0 Å². The first-order valence-electron chi connectivity index (χ1n) is 9.33. The van der Waals surface area contributed by atoms with E-state index >= 15 is 0 Å². The van der Waals surface area contributed by atoms with Gasteiger partial charge in [-0.2, -0.15) is 5.10 Å². The molecule has 0 N–H and O–H groups in total. The Hall–Kier alpha value is -1.95. The predicted octanol–water partition coefficient (Wildman–Crippen LogP) is 3.10. The van der Waals surface area contributed by atoms with Crippen molar-refractivity contribution in [3.8, 4) is 0 Å². The third-order valence-electron chi connectivity index (χ3n) is 5.41. The van der Waals surface area contributed by atoms with Gasteiger partial charge in [-0.3, -0.25) is 4.79 Å². The molecule has 2 aromatic rings. The number of fused-ring (bicyclic) bond motifs is 2. The summed E-state index contributed by atoms with van der Waals surface area (Å²) in [5, 5.41) is 5.31. The minimum absolute atomic E-state index is 0.0963. The Kier molecular flexibility index (Phi) is 4.23. The first kappa shape index (κ1) is 16.5. The van der Waals surface area contributed by atoms with Gasteiger partial charge >= 0.3 is 0 Å². The highest BCUT2D eigenvalue weighted by Gasteiger charge is 2.37. The molecular formula is C19H26N4O2. The molecule has 1 saturated heterocycles. The van der Waals surface area contributed by atoms with Crippen LogP contribution in [0.15, 0.2) is 12.3 Å². The van der Waals surface area contributed by atoms with Crippen LogP contribution in [0.25, 0.3) is 11.0 Å². The van der Waals surface area contributed by atoms with Crippen molar-refractivity contribution in [3.05, 3.63) is 23.5 Å². The van der Waals surface area contributed by atoms with Gasteiger partial charge in [-0.1, -0.05) is 12.8 Å². The van der Waals surface area contributed by atoms with Gasteiger partial charge in [0.05, 0.1) is 35.9 Å². The van der Waals surface area contributed by atoms with E-state index in [2.05, 4.69) is 23.9 Å². The van der Waals surface area contributed by atoms with E-state index in [0.29, 0.717) is 13.2 Å². The maximum Gasteiger partial charge on any atom is 0.255 e. The first-order chi connectivity index (χ1) is 12.1. The number of nitrogens with zero attached hydrogens (tertiary/aromatic N) is 4. The van der Waals surface area contributed by atoms with Crippen molar-refractivity contribution >= 4 is 16.9 Å². The number of aromatic nitrogens is 3. The molecule has 2 aromatic heterocycles. The lowest BCUT2D eigenvalue weighted by Gasteiger charge is -2.43. The number of carbonyl (C=O) groups excluding carboxylic acids is 1. The summed E-state index contributed by atoms with van der Waals surface area (Å²) in [6.07, 6.45) is 6.45. The Bertz CT molecular complexity index is 796. The van der Waals surface area contributed by atoms with Crippen molar-refractivity contribution in [2.75, 3.05) is 13.2 Å². The monoisotopic (exact) mass is 342 g/mol. The summed E-state index contributed by atoms with van der Waals surface area (Å²) in [7, 11) is 0. The van der Waals surface area contributed by atoms with E-state index in [1.807, 2.05) is 22.6 Å². The van der Waals surface area contributed by atoms with E-state index in [1.165, 1.54) is 12.8 Å². The Balaban J connectivity index is 1.74. The van der Waals surface area contributed by atoms with Crippen molar-refractivity contribution in [2.45, 2.75) is 64.6 Å². The Morgan fingerprint density at radius 2 is 2.12 bits per heavy atom. The zero-order chi connectivity index (χ0) is 17.6. The molecule has 134 valence electrons. The van der Waals surface area contributed by atoms with Crippen LogP contribution in [0.4, 0.5) is 0 Å². The molecule has 2 fully saturated rings. The fourth-order valence-electron chi connectivity index (χ4n) is 4.20. The Labute approximate surface area is 148 Å². The zero-order valence-corrected chi connectivity index (χ0v) is 15.2. The SMILES string of the molecule is Cc1cc(C(=O)N2CCO[C@H]3CCCC[C@@H]32)c2cnn(C(C)C)c2n1. The number of carbonyl (C=O) groups is 1. The van der Waals surface area contributed by atoms with Gasteiger partial charge in [-0.05, 0) is 39.7 Å². The summed E-state index contributed by atoms with van der Waals surface area (Å²) in [6.45, 7) is 7.39. The van der Waals surface area contributed by atoms with Crippen molar-refractivity contribution in [1.29, 1.82) is 0 Å². The maximum absolute atomic E-state index is 13.4. The summed E-state index contributed by atoms with van der Waals surface area (Å²) >= 11 is 0. The van der Waals surface area contributed by atoms with Gasteiger partial charge in [0, 0.05) is 18.3 Å². The van der Waals surface area contributed by atoms with Crippen LogP contribution in [-0.4, -0.2) is 50.9 Å². The number of pyridine rings is 1. The van der Waals surface area contributed by atoms with Crippen molar-refractivity contribution in [1.82, 2.24) is 19.7 Å². The molecular weight excluding hydrogens is 316 g/mol. The van der Waals surface area contributed by atoms with E-state index in [0.717, 1.165) is 35.1 Å². The van der Waals surface area contributed by atoms with Crippen LogP contribution in [0.1, 0.15) is 61.6 Å². The highest BCUT2D eigenvalue weighted by Crippen LogP contribution is 2.31. The molecule has 1 saturated carbocycles. The summed E-state index contributed by atoms with van der Waals surface area (Å²) in [4.78, 5) is 20.1. The lowest BCUT2D eigenvalue weighted by molar-refractivity contribution is -0.0752. The number of hydrogen-bond donors (Lipinski definition) is 0. The second-order valence-corrected chi connectivity index (χ2v) is 7.49. The summed E-state index contributed by atoms with van der Waals surface area (Å²) in [6, 6.07) is 2.32. The number of aryl methyl sites for hydroxylation is 1. The second kappa shape index (κ2) is 6.41. The third-order valence-corrected chi connectivity index (χ3v) is 5.41. The molecule has 0 aromatic carbocycles. The van der Waals surface area contributed by atoms with Crippen LogP contribution in [0, 0.1) is 6.92 Å². The number of morpholine rings is 1. The third kappa shape index (κ3) is 2.82. The Morgan fingerprint density at radius 1 is 1.32 bits per heavy atom. The van der Waals surface area contributed by atoms with Crippen molar-refractivity contribution in [3.63, 3.8) is 0 Å². The van der Waals surface area contributed by atoms with Gasteiger partial charge in [0.15, 0.2) is 5.65 Å². The van der Waals surface area contributed by atoms with E-state index in [1.54, 1.807) is 6.20 Å². The van der Waals surface area contributed by atoms with Crippen molar-refractivity contribution in [2.24, 2.45) is 0 Å². The maximum atomic E-state index is 13.4. The Morgan fingerprint density at radius 3 is 2.92 bits per heavy atom. The van der Waals surface area contributed by atoms with E-state index < -0.39 is 0 Å². The summed E-state index contributed by atoms with van der Waals surface area (Å²) in [5.41, 5.74) is 2.37. The van der Waals surface area contributed by atoms with Crippen LogP contribution in [0.5, 0.6) is 0 Å². The normalized spacial score (nSPS) is 23.9. The van der Waals surface area contributed by atoms with Crippen LogP contribution in [0.2, 0.25) is 0 Å². The van der Waals surface area contributed by atoms with Gasteiger partial charge in [0.25, 0.3) is 5.91 Å². The molecule has 1 amide bonds. The molecule has 6 heteroatoms. The minimum atomic E-state index is 0.0963. The van der Waals surface area contributed by atoms with Gasteiger partial charge < -0.3 is 9.64 Å². The molecule has 0 radical (unpaired) electrons. The van der Waals surface area contributed by atoms with E-state index in [-0.39, 0.29) is 24.1 Å². The second-order valence-electron chi connectivity index (χ2n) is 7.49. The minimum Gasteiger partial charge on any atom is -0.374 e. The van der Waals surface area contributed by atoms with E-state index in [4.69, 9.17) is 4.74 Å². The number of hydrogen-bond acceptors (Lipinski definition) is 4. The van der Waals surface area contributed by atoms with Gasteiger partial charge in [-0.25, -0.2) is 9.67 Å². The molecule has 2 aliphatic rings. The predicted molar refractivity (Wildman–Crippen MR) is 95.7 cm³/mol. The fourth-order valence-corrected chi connectivity index (χ4v) is 4.20. The lowest BCUT2D eigenvalue weighted by atomic mass is 9.89. The highest BCUT2D eigenvalue weighted by molar-refractivity contribution is 6.05. The van der Waals surface area contributed by atoms with Crippen LogP contribution < -0.4 is 0 Å². The zero-order valence-electron chi connectivity index (χ0n) is 15.2. The first-order valence-corrected chi connectivity index (χ1v) is 9.33. The molecule has 6 nitrogen and oxygen atoms in total. The topological polar surface area (TPSA) is 60.3 Å². The van der Waals surface area contributed by atoms with Crippen LogP contribution >= 0.6 is 0 Å². The van der Waals surface area contributed by atoms with E-state index in [9.17, 15) is 4.79 Å². The molecule has 1 aliphatic heterocycles. The van der Waals surface area contributed by atoms with Gasteiger partial charge in [0.1, 0.15) is 0 Å². The largest absolute Gasteiger partial charge is 0.374 e. The highest BCUT2D eigenvalue weighted by atomic mass is 16.5. The quantitative estimate of drug-likeness (QED) is 0.841. The molecule has 1 aliphatic carbocycles. The van der Waals surface area contributed by atoms with Gasteiger partial charge in [-0.15, -0.1) is 0 Å². The number of amides is 1. The molecule has 0 unspecified atom stereocenters. The molecule has 3 heterocycles.